The monoisotopic (exact) mass is 679 g/mol. The first kappa shape index (κ1) is 30.3. The van der Waals surface area contributed by atoms with E-state index in [2.05, 4.69) is 166 Å². The fourth-order valence-electron chi connectivity index (χ4n) is 9.81. The molecule has 0 radical (unpaired) electrons. The number of hydrogen-bond donors (Lipinski definition) is 0. The molecule has 0 saturated heterocycles. The Hall–Kier alpha value is -6.32. The minimum Gasteiger partial charge on any atom is -0.309 e. The van der Waals surface area contributed by atoms with Gasteiger partial charge in [-0.05, 0) is 68.8 Å². The zero-order chi connectivity index (χ0) is 35.6. The van der Waals surface area contributed by atoms with E-state index in [-0.39, 0.29) is 10.8 Å². The van der Waals surface area contributed by atoms with Crippen LogP contribution in [0.25, 0.3) is 83.3 Å². The maximum atomic E-state index is 5.26. The lowest BCUT2D eigenvalue weighted by Crippen LogP contribution is -2.19. The molecule has 0 N–H and O–H groups in total. The van der Waals surface area contributed by atoms with Crippen molar-refractivity contribution in [1.29, 1.82) is 0 Å². The van der Waals surface area contributed by atoms with Crippen molar-refractivity contribution < 1.29 is 0 Å². The van der Waals surface area contributed by atoms with Crippen molar-refractivity contribution in [2.24, 2.45) is 0 Å². The zero-order valence-corrected chi connectivity index (χ0v) is 30.3. The molecule has 0 unspecified atom stereocenters. The fourth-order valence-corrected chi connectivity index (χ4v) is 9.81. The molecule has 2 aliphatic carbocycles. The number of fused-ring (bicyclic) bond motifs is 13. The minimum atomic E-state index is -0.226. The lowest BCUT2D eigenvalue weighted by molar-refractivity contribution is 0.650. The van der Waals surface area contributed by atoms with Gasteiger partial charge >= 0.3 is 0 Å². The lowest BCUT2D eigenvalue weighted by Gasteiger charge is -2.28. The van der Waals surface area contributed by atoms with Crippen LogP contribution in [0.3, 0.4) is 0 Å². The van der Waals surface area contributed by atoms with Gasteiger partial charge in [0.25, 0.3) is 0 Å². The molecule has 11 rings (SSSR count). The third kappa shape index (κ3) is 4.00. The third-order valence-electron chi connectivity index (χ3n) is 12.1. The number of aromatic nitrogens is 3. The van der Waals surface area contributed by atoms with E-state index in [1.165, 1.54) is 66.3 Å². The number of hydrogen-bond acceptors (Lipinski definition) is 2. The highest BCUT2D eigenvalue weighted by Gasteiger charge is 2.47. The van der Waals surface area contributed by atoms with Crippen LogP contribution in [0.5, 0.6) is 0 Å². The summed E-state index contributed by atoms with van der Waals surface area (Å²) in [7, 11) is 0. The molecule has 0 fully saturated rings. The number of para-hydroxylation sites is 1. The van der Waals surface area contributed by atoms with Crippen molar-refractivity contribution in [2.75, 3.05) is 0 Å². The Bertz CT molecular complexity index is 2980. The number of rotatable bonds is 3. The molecule has 53 heavy (non-hydrogen) atoms. The van der Waals surface area contributed by atoms with Crippen LogP contribution < -0.4 is 0 Å². The van der Waals surface area contributed by atoms with Crippen LogP contribution in [0.4, 0.5) is 0 Å². The highest BCUT2D eigenvalue weighted by atomic mass is 15.0. The molecule has 0 bridgehead atoms. The molecule has 3 heteroatoms. The summed E-state index contributed by atoms with van der Waals surface area (Å²) in [5, 5.41) is 3.65. The Kier molecular flexibility index (Phi) is 6.07. The quantitative estimate of drug-likeness (QED) is 0.186. The number of nitrogens with zero attached hydrogens (tertiary/aromatic N) is 3. The topological polar surface area (TPSA) is 30.7 Å². The molecule has 9 aromatic rings. The van der Waals surface area contributed by atoms with Gasteiger partial charge in [-0.15, -0.1) is 0 Å². The Morgan fingerprint density at radius 1 is 0.491 bits per heavy atom. The zero-order valence-electron chi connectivity index (χ0n) is 30.3. The molecule has 7 aromatic carbocycles. The Morgan fingerprint density at radius 3 is 1.79 bits per heavy atom. The molecule has 0 spiro atoms. The second-order valence-electron chi connectivity index (χ2n) is 15.7. The van der Waals surface area contributed by atoms with E-state index in [1.54, 1.807) is 0 Å². The normalized spacial score (nSPS) is 14.7. The molecule has 2 aliphatic rings. The van der Waals surface area contributed by atoms with Crippen LogP contribution in [0.2, 0.25) is 0 Å². The Balaban J connectivity index is 1.31. The van der Waals surface area contributed by atoms with Gasteiger partial charge in [0.05, 0.1) is 22.2 Å². The Labute approximate surface area is 309 Å². The van der Waals surface area contributed by atoms with Gasteiger partial charge in [0.2, 0.25) is 0 Å². The SMILES string of the molecule is CC1(C)c2ccccc2-c2c1c1c(c3c2c2ccccc2n3-c2ccc3nc(-c4ccccc4)nc(-c4ccccc4)c3c2)C(C)(C)c2ccccc2-1. The summed E-state index contributed by atoms with van der Waals surface area (Å²) < 4.78 is 2.55. The molecular formula is C50H37N3. The van der Waals surface area contributed by atoms with E-state index in [0.717, 1.165) is 39.2 Å². The molecule has 3 nitrogen and oxygen atoms in total. The average Bonchev–Trinajstić information content (AvgIpc) is 3.75. The van der Waals surface area contributed by atoms with Crippen LogP contribution in [0.1, 0.15) is 49.9 Å². The van der Waals surface area contributed by atoms with Gasteiger partial charge in [-0.2, -0.15) is 0 Å². The molecule has 2 aromatic heterocycles. The summed E-state index contributed by atoms with van der Waals surface area (Å²) in [6.07, 6.45) is 0. The maximum Gasteiger partial charge on any atom is 0.160 e. The van der Waals surface area contributed by atoms with Gasteiger partial charge < -0.3 is 4.57 Å². The third-order valence-corrected chi connectivity index (χ3v) is 12.1. The van der Waals surface area contributed by atoms with Gasteiger partial charge in [0.1, 0.15) is 0 Å². The molecule has 0 aliphatic heterocycles. The molecule has 0 atom stereocenters. The number of benzene rings is 7. The lowest BCUT2D eigenvalue weighted by atomic mass is 9.76. The maximum absolute atomic E-state index is 5.26. The summed E-state index contributed by atoms with van der Waals surface area (Å²) in [4.78, 5) is 10.4. The van der Waals surface area contributed by atoms with Gasteiger partial charge in [-0.25, -0.2) is 9.97 Å². The van der Waals surface area contributed by atoms with Crippen molar-refractivity contribution in [2.45, 2.75) is 38.5 Å². The fraction of sp³-hybridized carbons (Fsp3) is 0.120. The first-order valence-corrected chi connectivity index (χ1v) is 18.6. The van der Waals surface area contributed by atoms with Gasteiger partial charge in [0, 0.05) is 43.8 Å². The molecule has 2 heterocycles. The summed E-state index contributed by atoms with van der Waals surface area (Å²) in [6, 6.07) is 54.8. The Morgan fingerprint density at radius 2 is 1.08 bits per heavy atom. The van der Waals surface area contributed by atoms with Crippen LogP contribution >= 0.6 is 0 Å². The minimum absolute atomic E-state index is 0.164. The van der Waals surface area contributed by atoms with Crippen molar-refractivity contribution in [1.82, 2.24) is 14.5 Å². The molecule has 252 valence electrons. The average molecular weight is 680 g/mol. The molecule has 0 amide bonds. The first-order chi connectivity index (χ1) is 25.8. The van der Waals surface area contributed by atoms with Crippen LogP contribution in [0, 0.1) is 0 Å². The van der Waals surface area contributed by atoms with Crippen LogP contribution in [-0.4, -0.2) is 14.5 Å². The largest absolute Gasteiger partial charge is 0.309 e. The summed E-state index contributed by atoms with van der Waals surface area (Å²) in [6.45, 7) is 9.70. The van der Waals surface area contributed by atoms with Gasteiger partial charge in [-0.1, -0.05) is 155 Å². The molecular weight excluding hydrogens is 643 g/mol. The van der Waals surface area contributed by atoms with E-state index in [9.17, 15) is 0 Å². The van der Waals surface area contributed by atoms with Crippen molar-refractivity contribution in [3.05, 3.63) is 174 Å². The van der Waals surface area contributed by atoms with E-state index < -0.39 is 0 Å². The van der Waals surface area contributed by atoms with Crippen molar-refractivity contribution >= 4 is 32.7 Å². The summed E-state index contributed by atoms with van der Waals surface area (Å²) in [5.74, 6) is 0.732. The highest BCUT2D eigenvalue weighted by molar-refractivity contribution is 6.22. The van der Waals surface area contributed by atoms with Crippen LogP contribution in [-0.2, 0) is 10.8 Å². The second-order valence-corrected chi connectivity index (χ2v) is 15.7. The summed E-state index contributed by atoms with van der Waals surface area (Å²) >= 11 is 0. The predicted octanol–water partition coefficient (Wildman–Crippen LogP) is 12.7. The second kappa shape index (κ2) is 10.6. The predicted molar refractivity (Wildman–Crippen MR) is 220 cm³/mol. The molecule has 0 saturated carbocycles. The standard InChI is InChI=1S/C50H37N3/c1-49(2)37-24-14-11-21-33(37)41-42-35-23-13-16-26-40(35)53(47(42)45-43(44(41)49)34-22-12-15-25-38(34)50(45,3)4)32-27-28-39-36(29-32)46(30-17-7-5-8-18-30)52-48(51-39)31-19-9-6-10-20-31/h5-29H,1-4H3. The van der Waals surface area contributed by atoms with E-state index in [4.69, 9.17) is 9.97 Å². The van der Waals surface area contributed by atoms with Gasteiger partial charge in [-0.3, -0.25) is 0 Å². The highest BCUT2D eigenvalue weighted by Crippen LogP contribution is 2.63. The van der Waals surface area contributed by atoms with E-state index in [0.29, 0.717) is 0 Å². The van der Waals surface area contributed by atoms with Crippen molar-refractivity contribution in [3.63, 3.8) is 0 Å². The van der Waals surface area contributed by atoms with E-state index >= 15 is 0 Å². The smallest absolute Gasteiger partial charge is 0.160 e. The first-order valence-electron chi connectivity index (χ1n) is 18.6. The van der Waals surface area contributed by atoms with Crippen molar-refractivity contribution in [3.8, 4) is 50.6 Å². The summed E-state index contributed by atoms with van der Waals surface area (Å²) in [5.41, 5.74) is 18.3. The van der Waals surface area contributed by atoms with Crippen LogP contribution in [0.15, 0.2) is 152 Å². The van der Waals surface area contributed by atoms with Gasteiger partial charge in [0.15, 0.2) is 5.82 Å². The van der Waals surface area contributed by atoms with E-state index in [1.807, 2.05) is 18.2 Å².